The Morgan fingerprint density at radius 3 is 2.92 bits per heavy atom. The van der Waals surface area contributed by atoms with Gasteiger partial charge in [-0.05, 0) is 42.5 Å². The first-order valence-electron chi connectivity index (χ1n) is 4.31. The molecule has 0 aromatic heterocycles. The van der Waals surface area contributed by atoms with Gasteiger partial charge in [-0.2, -0.15) is 0 Å². The van der Waals surface area contributed by atoms with Gasteiger partial charge in [-0.1, -0.05) is 6.07 Å². The van der Waals surface area contributed by atoms with Crippen molar-refractivity contribution >= 4 is 12.4 Å². The molecule has 0 saturated carbocycles. The van der Waals surface area contributed by atoms with Gasteiger partial charge in [0.05, 0.1) is 0 Å². The molecule has 0 amide bonds. The molecule has 0 heterocycles. The van der Waals surface area contributed by atoms with E-state index in [4.69, 9.17) is 5.73 Å². The summed E-state index contributed by atoms with van der Waals surface area (Å²) >= 11 is 0. The number of hydrogen-bond donors (Lipinski definition) is 1. The molecule has 2 N–H and O–H groups in total. The molecule has 1 nitrogen and oxygen atoms in total. The fourth-order valence-corrected chi connectivity index (χ4v) is 1.81. The van der Waals surface area contributed by atoms with Crippen LogP contribution in [0.2, 0.25) is 0 Å². The second-order valence-electron chi connectivity index (χ2n) is 3.34. The summed E-state index contributed by atoms with van der Waals surface area (Å²) in [5.74, 6) is -0.175. The van der Waals surface area contributed by atoms with Crippen LogP contribution in [0, 0.1) is 5.82 Å². The van der Waals surface area contributed by atoms with Crippen LogP contribution in [0.1, 0.15) is 30.0 Å². The van der Waals surface area contributed by atoms with Crippen molar-refractivity contribution in [2.24, 2.45) is 5.73 Å². The number of fused-ring (bicyclic) bond motifs is 1. The third-order valence-corrected chi connectivity index (χ3v) is 2.47. The monoisotopic (exact) mass is 201 g/mol. The van der Waals surface area contributed by atoms with Gasteiger partial charge in [0.1, 0.15) is 5.82 Å². The van der Waals surface area contributed by atoms with E-state index in [0.29, 0.717) is 0 Å². The summed E-state index contributed by atoms with van der Waals surface area (Å²) in [5, 5.41) is 0. The Morgan fingerprint density at radius 2 is 2.15 bits per heavy atom. The van der Waals surface area contributed by atoms with Gasteiger partial charge in [-0.15, -0.1) is 12.4 Å². The topological polar surface area (TPSA) is 26.0 Å². The van der Waals surface area contributed by atoms with Crippen LogP contribution in [-0.4, -0.2) is 0 Å². The minimum atomic E-state index is -0.175. The lowest BCUT2D eigenvalue weighted by Gasteiger charge is -2.21. The van der Waals surface area contributed by atoms with Crippen LogP contribution in [-0.2, 0) is 6.42 Å². The van der Waals surface area contributed by atoms with Crippen molar-refractivity contribution in [2.75, 3.05) is 0 Å². The molecular formula is C10H13ClFN. The van der Waals surface area contributed by atoms with Crippen LogP contribution in [0.5, 0.6) is 0 Å². The molecule has 1 aromatic rings. The number of rotatable bonds is 0. The third kappa shape index (κ3) is 2.01. The zero-order valence-corrected chi connectivity index (χ0v) is 8.11. The molecule has 0 fully saturated rings. The van der Waals surface area contributed by atoms with Crippen molar-refractivity contribution in [3.63, 3.8) is 0 Å². The maximum Gasteiger partial charge on any atom is 0.123 e. The van der Waals surface area contributed by atoms with Crippen LogP contribution in [0.3, 0.4) is 0 Å². The van der Waals surface area contributed by atoms with Crippen LogP contribution in [0.4, 0.5) is 4.39 Å². The van der Waals surface area contributed by atoms with Crippen molar-refractivity contribution in [3.05, 3.63) is 35.1 Å². The van der Waals surface area contributed by atoms with E-state index in [1.807, 2.05) is 6.07 Å². The Bertz CT molecular complexity index is 301. The van der Waals surface area contributed by atoms with Crippen molar-refractivity contribution in [2.45, 2.75) is 25.3 Å². The van der Waals surface area contributed by atoms with Crippen LogP contribution < -0.4 is 5.73 Å². The summed E-state index contributed by atoms with van der Waals surface area (Å²) < 4.78 is 12.8. The molecule has 0 saturated heterocycles. The number of nitrogens with two attached hydrogens (primary N) is 1. The zero-order valence-electron chi connectivity index (χ0n) is 7.29. The van der Waals surface area contributed by atoms with Crippen molar-refractivity contribution < 1.29 is 4.39 Å². The molecule has 0 radical (unpaired) electrons. The van der Waals surface area contributed by atoms with Crippen molar-refractivity contribution in [3.8, 4) is 0 Å². The minimum absolute atomic E-state index is 0. The first kappa shape index (κ1) is 10.5. The highest BCUT2D eigenvalue weighted by molar-refractivity contribution is 5.85. The van der Waals surface area contributed by atoms with Crippen LogP contribution in [0.15, 0.2) is 18.2 Å². The van der Waals surface area contributed by atoms with E-state index in [-0.39, 0.29) is 24.3 Å². The van der Waals surface area contributed by atoms with Crippen molar-refractivity contribution in [1.82, 2.24) is 0 Å². The Balaban J connectivity index is 0.000000845. The van der Waals surface area contributed by atoms with Gasteiger partial charge in [-0.3, -0.25) is 0 Å². The van der Waals surface area contributed by atoms with E-state index in [2.05, 4.69) is 0 Å². The normalized spacial score (nSPS) is 20.3. The summed E-state index contributed by atoms with van der Waals surface area (Å²) in [6.45, 7) is 0. The smallest absolute Gasteiger partial charge is 0.123 e. The number of aryl methyl sites for hydroxylation is 1. The second kappa shape index (κ2) is 4.07. The van der Waals surface area contributed by atoms with Gasteiger partial charge in [0.2, 0.25) is 0 Å². The fraction of sp³-hybridized carbons (Fsp3) is 0.400. The van der Waals surface area contributed by atoms with Gasteiger partial charge in [0.15, 0.2) is 0 Å². The highest BCUT2D eigenvalue weighted by Crippen LogP contribution is 2.27. The molecule has 1 atom stereocenters. The predicted molar refractivity (Wildman–Crippen MR) is 53.5 cm³/mol. The largest absolute Gasteiger partial charge is 0.324 e. The average Bonchev–Trinajstić information content (AvgIpc) is 2.07. The molecular weight excluding hydrogens is 189 g/mol. The maximum absolute atomic E-state index is 12.8. The molecule has 1 aliphatic carbocycles. The molecule has 0 bridgehead atoms. The van der Waals surface area contributed by atoms with Gasteiger partial charge >= 0.3 is 0 Å². The van der Waals surface area contributed by atoms with E-state index in [0.717, 1.165) is 24.8 Å². The Kier molecular flexibility index (Phi) is 3.28. The molecule has 0 aliphatic heterocycles. The standard InChI is InChI=1S/C10H12FN.ClH/c11-8-5-4-7-2-1-3-10(12)9(7)6-8;/h4-6,10H,1-3,12H2;1H/t10-;/m1./s1. The quantitative estimate of drug-likeness (QED) is 0.686. The molecule has 13 heavy (non-hydrogen) atoms. The van der Waals surface area contributed by atoms with E-state index in [9.17, 15) is 4.39 Å². The zero-order chi connectivity index (χ0) is 8.55. The first-order chi connectivity index (χ1) is 5.77. The number of benzene rings is 1. The van der Waals surface area contributed by atoms with Crippen molar-refractivity contribution in [1.29, 1.82) is 0 Å². The summed E-state index contributed by atoms with van der Waals surface area (Å²) in [6, 6.07) is 4.98. The fourth-order valence-electron chi connectivity index (χ4n) is 1.81. The molecule has 2 rings (SSSR count). The lowest BCUT2D eigenvalue weighted by atomic mass is 9.88. The minimum Gasteiger partial charge on any atom is -0.324 e. The average molecular weight is 202 g/mol. The van der Waals surface area contributed by atoms with Gasteiger partial charge < -0.3 is 5.73 Å². The van der Waals surface area contributed by atoms with Gasteiger partial charge in [0.25, 0.3) is 0 Å². The van der Waals surface area contributed by atoms with E-state index < -0.39 is 0 Å². The summed E-state index contributed by atoms with van der Waals surface area (Å²) in [4.78, 5) is 0. The lowest BCUT2D eigenvalue weighted by Crippen LogP contribution is -2.17. The number of halogens is 2. The lowest BCUT2D eigenvalue weighted by molar-refractivity contribution is 0.557. The molecule has 0 unspecified atom stereocenters. The maximum atomic E-state index is 12.8. The first-order valence-corrected chi connectivity index (χ1v) is 4.31. The van der Waals surface area contributed by atoms with E-state index >= 15 is 0 Å². The third-order valence-electron chi connectivity index (χ3n) is 2.47. The van der Waals surface area contributed by atoms with Crippen LogP contribution >= 0.6 is 12.4 Å². The number of hydrogen-bond acceptors (Lipinski definition) is 1. The highest BCUT2D eigenvalue weighted by Gasteiger charge is 2.16. The Hall–Kier alpha value is -0.600. The Morgan fingerprint density at radius 1 is 1.38 bits per heavy atom. The van der Waals surface area contributed by atoms with E-state index in [1.54, 1.807) is 6.07 Å². The molecule has 1 aliphatic rings. The van der Waals surface area contributed by atoms with Gasteiger partial charge in [-0.25, -0.2) is 4.39 Å². The predicted octanol–water partition coefficient (Wildman–Crippen LogP) is 2.58. The van der Waals surface area contributed by atoms with Gasteiger partial charge in [0, 0.05) is 6.04 Å². The Labute approximate surface area is 83.5 Å². The molecule has 3 heteroatoms. The van der Waals surface area contributed by atoms with Crippen LogP contribution in [0.25, 0.3) is 0 Å². The summed E-state index contributed by atoms with van der Waals surface area (Å²) in [6.07, 6.45) is 3.15. The SMILES string of the molecule is Cl.N[C@@H]1CCCc2ccc(F)cc21. The summed E-state index contributed by atoms with van der Waals surface area (Å²) in [7, 11) is 0. The van der Waals surface area contributed by atoms with E-state index in [1.165, 1.54) is 11.6 Å². The molecule has 72 valence electrons. The molecule has 1 aromatic carbocycles. The highest BCUT2D eigenvalue weighted by atomic mass is 35.5. The molecule has 0 spiro atoms. The summed E-state index contributed by atoms with van der Waals surface area (Å²) in [5.41, 5.74) is 8.07. The second-order valence-corrected chi connectivity index (χ2v) is 3.34.